The molecule has 3 N–H and O–H groups in total. The largest absolute Gasteiger partial charge is 0.465 e. The maximum atomic E-state index is 14.4. The standard InChI is InChI=1S/C29H25F2N3O4/c1-16-9-18(11-19(30)10-16)22-13-32-25-6-5-17(20-3-2-4-24(31)23(20)15-35)12-21(25)28(22)34-8-7-26(27(36)14-34)33-29(37)38/h2-6,9-13,15,26-27,33,36H,7-8,14H2,1H3,(H,37,38)/t26-,27+/m0/s1. The van der Waals surface area contributed by atoms with Gasteiger partial charge in [-0.05, 0) is 65.9 Å². The van der Waals surface area contributed by atoms with Crippen LogP contribution in [-0.2, 0) is 0 Å². The van der Waals surface area contributed by atoms with E-state index in [0.29, 0.717) is 58.1 Å². The molecule has 3 aromatic carbocycles. The molecule has 5 rings (SSSR count). The van der Waals surface area contributed by atoms with Gasteiger partial charge in [0.2, 0.25) is 0 Å². The van der Waals surface area contributed by atoms with Gasteiger partial charge in [-0.1, -0.05) is 24.3 Å². The summed E-state index contributed by atoms with van der Waals surface area (Å²) in [7, 11) is 0. The Hall–Kier alpha value is -4.37. The molecule has 0 bridgehead atoms. The van der Waals surface area contributed by atoms with Crippen molar-refractivity contribution >= 4 is 29.0 Å². The second-order valence-electron chi connectivity index (χ2n) is 9.45. The predicted octanol–water partition coefficient (Wildman–Crippen LogP) is 5.18. The number of piperidine rings is 1. The van der Waals surface area contributed by atoms with E-state index in [4.69, 9.17) is 5.11 Å². The average Bonchev–Trinajstić information content (AvgIpc) is 2.88. The van der Waals surface area contributed by atoms with E-state index in [1.807, 2.05) is 17.0 Å². The van der Waals surface area contributed by atoms with E-state index in [2.05, 4.69) is 10.3 Å². The summed E-state index contributed by atoms with van der Waals surface area (Å²) in [5.41, 5.74) is 4.19. The molecule has 1 aliphatic heterocycles. The molecule has 1 amide bonds. The van der Waals surface area contributed by atoms with E-state index >= 15 is 0 Å². The number of rotatable bonds is 5. The van der Waals surface area contributed by atoms with Crippen molar-refractivity contribution in [2.24, 2.45) is 0 Å². The first kappa shape index (κ1) is 25.3. The average molecular weight is 518 g/mol. The molecule has 0 aliphatic carbocycles. The Morgan fingerprint density at radius 3 is 2.63 bits per heavy atom. The van der Waals surface area contributed by atoms with E-state index in [-0.39, 0.29) is 12.1 Å². The van der Waals surface area contributed by atoms with Gasteiger partial charge in [-0.15, -0.1) is 0 Å². The Kier molecular flexibility index (Phi) is 6.77. The molecule has 38 heavy (non-hydrogen) atoms. The number of pyridine rings is 1. The summed E-state index contributed by atoms with van der Waals surface area (Å²) in [6, 6.07) is 13.8. The fourth-order valence-corrected chi connectivity index (χ4v) is 5.16. The van der Waals surface area contributed by atoms with Crippen LogP contribution in [0, 0.1) is 18.6 Å². The molecule has 1 fully saturated rings. The number of nitrogens with zero attached hydrogens (tertiary/aromatic N) is 2. The Morgan fingerprint density at radius 2 is 1.92 bits per heavy atom. The molecule has 0 spiro atoms. The number of hydrogen-bond acceptors (Lipinski definition) is 5. The first-order valence-corrected chi connectivity index (χ1v) is 12.1. The van der Waals surface area contributed by atoms with Gasteiger partial charge in [0, 0.05) is 30.2 Å². The van der Waals surface area contributed by atoms with Gasteiger partial charge in [0.05, 0.1) is 28.9 Å². The number of β-amino-alcohol motifs (C(OH)–C–C–N with tert-alkyl or cyclic N) is 1. The number of aryl methyl sites for hydroxylation is 1. The van der Waals surface area contributed by atoms with E-state index in [9.17, 15) is 23.5 Å². The number of hydrogen-bond donors (Lipinski definition) is 3. The van der Waals surface area contributed by atoms with Crippen LogP contribution in [-0.4, -0.2) is 52.8 Å². The number of amides is 1. The van der Waals surface area contributed by atoms with Crippen LogP contribution in [0.4, 0.5) is 19.3 Å². The predicted molar refractivity (Wildman–Crippen MR) is 140 cm³/mol. The SMILES string of the molecule is Cc1cc(F)cc(-c2cnc3ccc(-c4cccc(F)c4C=O)cc3c2N2CC[C@H](NC(=O)O)[C@H](O)C2)c1. The summed E-state index contributed by atoms with van der Waals surface area (Å²) in [6.07, 6.45) is 0.282. The van der Waals surface area contributed by atoms with Crippen LogP contribution < -0.4 is 10.2 Å². The third-order valence-corrected chi connectivity index (χ3v) is 6.88. The molecule has 194 valence electrons. The van der Waals surface area contributed by atoms with Gasteiger partial charge in [-0.3, -0.25) is 9.78 Å². The zero-order chi connectivity index (χ0) is 27.0. The van der Waals surface area contributed by atoms with Crippen molar-refractivity contribution in [2.45, 2.75) is 25.5 Å². The van der Waals surface area contributed by atoms with Crippen molar-refractivity contribution in [3.8, 4) is 22.3 Å². The molecule has 1 aromatic heterocycles. The lowest BCUT2D eigenvalue weighted by atomic mass is 9.94. The second kappa shape index (κ2) is 10.2. The normalized spacial score (nSPS) is 17.4. The molecule has 0 unspecified atom stereocenters. The number of fused-ring (bicyclic) bond motifs is 1. The number of aromatic nitrogens is 1. The maximum absolute atomic E-state index is 14.4. The number of carbonyl (C=O) groups excluding carboxylic acids is 1. The molecule has 0 radical (unpaired) electrons. The fourth-order valence-electron chi connectivity index (χ4n) is 5.16. The molecule has 0 saturated carbocycles. The zero-order valence-corrected chi connectivity index (χ0v) is 20.5. The van der Waals surface area contributed by atoms with Crippen molar-refractivity contribution in [2.75, 3.05) is 18.0 Å². The lowest BCUT2D eigenvalue weighted by Crippen LogP contribution is -2.54. The van der Waals surface area contributed by atoms with Gasteiger partial charge in [0.15, 0.2) is 6.29 Å². The van der Waals surface area contributed by atoms with Gasteiger partial charge in [0.25, 0.3) is 0 Å². The molecule has 1 saturated heterocycles. The number of carbonyl (C=O) groups is 2. The maximum Gasteiger partial charge on any atom is 0.404 e. The summed E-state index contributed by atoms with van der Waals surface area (Å²) < 4.78 is 28.8. The smallest absolute Gasteiger partial charge is 0.404 e. The first-order chi connectivity index (χ1) is 18.2. The fraction of sp³-hybridized carbons (Fsp3) is 0.207. The van der Waals surface area contributed by atoms with Crippen LogP contribution in [0.2, 0.25) is 0 Å². The summed E-state index contributed by atoms with van der Waals surface area (Å²) >= 11 is 0. The zero-order valence-electron chi connectivity index (χ0n) is 20.5. The number of halogens is 2. The van der Waals surface area contributed by atoms with Gasteiger partial charge < -0.3 is 20.4 Å². The third-order valence-electron chi connectivity index (χ3n) is 6.88. The van der Waals surface area contributed by atoms with E-state index in [1.165, 1.54) is 24.3 Å². The highest BCUT2D eigenvalue weighted by Crippen LogP contribution is 2.40. The van der Waals surface area contributed by atoms with Crippen LogP contribution in [0.3, 0.4) is 0 Å². The van der Waals surface area contributed by atoms with Crippen molar-refractivity contribution < 1.29 is 28.6 Å². The summed E-state index contributed by atoms with van der Waals surface area (Å²) in [6.45, 7) is 2.32. The lowest BCUT2D eigenvalue weighted by molar-refractivity contribution is 0.108. The third kappa shape index (κ3) is 4.80. The highest BCUT2D eigenvalue weighted by Gasteiger charge is 2.31. The minimum atomic E-state index is -1.21. The number of aldehydes is 1. The highest BCUT2D eigenvalue weighted by atomic mass is 19.1. The molecule has 9 heteroatoms. The Labute approximate surface area is 217 Å². The van der Waals surface area contributed by atoms with Crippen molar-refractivity contribution in [3.05, 3.63) is 83.6 Å². The van der Waals surface area contributed by atoms with Crippen LogP contribution >= 0.6 is 0 Å². The minimum absolute atomic E-state index is 0.0609. The summed E-state index contributed by atoms with van der Waals surface area (Å²) in [5.74, 6) is -1.03. The van der Waals surface area contributed by atoms with Crippen molar-refractivity contribution in [1.82, 2.24) is 10.3 Å². The molecule has 7 nitrogen and oxygen atoms in total. The molecule has 2 atom stereocenters. The van der Waals surface area contributed by atoms with Gasteiger partial charge in [0.1, 0.15) is 11.6 Å². The topological polar surface area (TPSA) is 103 Å². The summed E-state index contributed by atoms with van der Waals surface area (Å²) in [5, 5.41) is 22.9. The van der Waals surface area contributed by atoms with Crippen molar-refractivity contribution in [1.29, 1.82) is 0 Å². The second-order valence-corrected chi connectivity index (χ2v) is 9.45. The molecule has 1 aliphatic rings. The number of aliphatic hydroxyl groups is 1. The monoisotopic (exact) mass is 517 g/mol. The van der Waals surface area contributed by atoms with Crippen LogP contribution in [0.15, 0.2) is 60.8 Å². The number of aliphatic hydroxyl groups excluding tert-OH is 1. The van der Waals surface area contributed by atoms with Gasteiger partial charge in [-0.25, -0.2) is 13.6 Å². The molecule has 4 aromatic rings. The lowest BCUT2D eigenvalue weighted by Gasteiger charge is -2.38. The Morgan fingerprint density at radius 1 is 1.11 bits per heavy atom. The molecular weight excluding hydrogens is 492 g/mol. The first-order valence-electron chi connectivity index (χ1n) is 12.1. The van der Waals surface area contributed by atoms with Crippen LogP contribution in [0.5, 0.6) is 0 Å². The quantitative estimate of drug-likeness (QED) is 0.316. The van der Waals surface area contributed by atoms with Gasteiger partial charge >= 0.3 is 6.09 Å². The van der Waals surface area contributed by atoms with Crippen LogP contribution in [0.1, 0.15) is 22.3 Å². The number of carboxylic acid groups (broad SMARTS) is 1. The van der Waals surface area contributed by atoms with E-state index in [0.717, 1.165) is 5.56 Å². The van der Waals surface area contributed by atoms with Gasteiger partial charge in [-0.2, -0.15) is 0 Å². The molecule has 2 heterocycles. The molecular formula is C29H25F2N3O4. The van der Waals surface area contributed by atoms with Crippen LogP contribution in [0.25, 0.3) is 33.2 Å². The summed E-state index contributed by atoms with van der Waals surface area (Å²) in [4.78, 5) is 29.4. The number of benzene rings is 3. The van der Waals surface area contributed by atoms with Crippen molar-refractivity contribution in [3.63, 3.8) is 0 Å². The highest BCUT2D eigenvalue weighted by molar-refractivity contribution is 6.02. The number of nitrogens with one attached hydrogen (secondary N) is 1. The van der Waals surface area contributed by atoms with E-state index in [1.54, 1.807) is 31.3 Å². The minimum Gasteiger partial charge on any atom is -0.465 e. The van der Waals surface area contributed by atoms with E-state index < -0.39 is 29.9 Å². The Bertz CT molecular complexity index is 1540. The Balaban J connectivity index is 1.71. The number of anilines is 1.